The summed E-state index contributed by atoms with van der Waals surface area (Å²) in [6.07, 6.45) is 3.50. The van der Waals surface area contributed by atoms with Gasteiger partial charge >= 0.3 is 0 Å². The number of methoxy groups -OCH3 is 2. The Hall–Kier alpha value is -3.03. The second kappa shape index (κ2) is 9.63. The molecule has 1 amide bonds. The van der Waals surface area contributed by atoms with Crippen LogP contribution in [0.1, 0.15) is 40.4 Å². The third kappa shape index (κ3) is 4.59. The Bertz CT molecular complexity index is 1100. The number of nitrogens with one attached hydrogen (secondary N) is 2. The van der Waals surface area contributed by atoms with Gasteiger partial charge in [0.05, 0.1) is 37.4 Å². The molecule has 4 rings (SSSR count). The second-order valence-electron chi connectivity index (χ2n) is 7.87. The predicted molar refractivity (Wildman–Crippen MR) is 126 cm³/mol. The number of hydrogen-bond acceptors (Lipinski definition) is 5. The van der Waals surface area contributed by atoms with Crippen molar-refractivity contribution in [2.45, 2.75) is 25.7 Å². The van der Waals surface area contributed by atoms with Crippen molar-refractivity contribution in [3.63, 3.8) is 0 Å². The third-order valence-electron chi connectivity index (χ3n) is 5.79. The largest absolute Gasteiger partial charge is 0.497 e. The average molecular weight is 455 g/mol. The van der Waals surface area contributed by atoms with Gasteiger partial charge in [0, 0.05) is 34.8 Å². The van der Waals surface area contributed by atoms with Crippen LogP contribution in [0.15, 0.2) is 42.6 Å². The standard InChI is InChI=1S/C24H27ClN4O3/c1-15-4-5-18(12-22(15)25)29-23(16-6-8-26-9-7-16)21(14-27-29)24(30)28-17-10-19(31-2)13-20(11-17)32-3/h4-5,10-14,16,26H,6-9H2,1-3H3,(H,28,30). The van der Waals surface area contributed by atoms with Crippen LogP contribution in [0, 0.1) is 6.92 Å². The highest BCUT2D eigenvalue weighted by Gasteiger charge is 2.27. The zero-order chi connectivity index (χ0) is 22.7. The van der Waals surface area contributed by atoms with Gasteiger partial charge in [0.1, 0.15) is 11.5 Å². The van der Waals surface area contributed by atoms with Gasteiger partial charge in [-0.05, 0) is 50.6 Å². The van der Waals surface area contributed by atoms with E-state index in [1.54, 1.807) is 38.6 Å². The lowest BCUT2D eigenvalue weighted by Crippen LogP contribution is -2.29. The first-order valence-corrected chi connectivity index (χ1v) is 11.0. The van der Waals surface area contributed by atoms with E-state index in [0.29, 0.717) is 27.8 Å². The molecule has 0 spiro atoms. The van der Waals surface area contributed by atoms with Crippen LogP contribution in [0.4, 0.5) is 5.69 Å². The zero-order valence-corrected chi connectivity index (χ0v) is 19.2. The molecular weight excluding hydrogens is 428 g/mol. The summed E-state index contributed by atoms with van der Waals surface area (Å²) in [6, 6.07) is 11.1. The number of carbonyl (C=O) groups excluding carboxylic acids is 1. The third-order valence-corrected chi connectivity index (χ3v) is 6.19. The van der Waals surface area contributed by atoms with Gasteiger partial charge in [-0.2, -0.15) is 5.10 Å². The summed E-state index contributed by atoms with van der Waals surface area (Å²) < 4.78 is 12.5. The van der Waals surface area contributed by atoms with Crippen molar-refractivity contribution >= 4 is 23.2 Å². The highest BCUT2D eigenvalue weighted by atomic mass is 35.5. The fraction of sp³-hybridized carbons (Fsp3) is 0.333. The molecule has 1 aromatic heterocycles. The quantitative estimate of drug-likeness (QED) is 0.570. The lowest BCUT2D eigenvalue weighted by Gasteiger charge is -2.25. The van der Waals surface area contributed by atoms with Crippen LogP contribution in [0.25, 0.3) is 5.69 Å². The van der Waals surface area contributed by atoms with Crippen LogP contribution in [-0.4, -0.2) is 43.0 Å². The van der Waals surface area contributed by atoms with E-state index in [-0.39, 0.29) is 11.8 Å². The lowest BCUT2D eigenvalue weighted by atomic mass is 9.91. The normalized spacial score (nSPS) is 14.2. The summed E-state index contributed by atoms with van der Waals surface area (Å²) in [6.45, 7) is 3.77. The molecular formula is C24H27ClN4O3. The Balaban J connectivity index is 1.72. The van der Waals surface area contributed by atoms with Gasteiger partial charge in [-0.15, -0.1) is 0 Å². The molecule has 1 fully saturated rings. The van der Waals surface area contributed by atoms with Crippen LogP contribution in [0.3, 0.4) is 0 Å². The van der Waals surface area contributed by atoms with E-state index in [1.165, 1.54) is 0 Å². The van der Waals surface area contributed by atoms with Crippen molar-refractivity contribution < 1.29 is 14.3 Å². The van der Waals surface area contributed by atoms with Crippen LogP contribution in [0.5, 0.6) is 11.5 Å². The maximum Gasteiger partial charge on any atom is 0.259 e. The summed E-state index contributed by atoms with van der Waals surface area (Å²) in [5.41, 5.74) is 3.88. The van der Waals surface area contributed by atoms with E-state index in [1.807, 2.05) is 29.8 Å². The highest BCUT2D eigenvalue weighted by molar-refractivity contribution is 6.31. The molecule has 0 radical (unpaired) electrons. The molecule has 0 bridgehead atoms. The van der Waals surface area contributed by atoms with E-state index in [2.05, 4.69) is 15.7 Å². The van der Waals surface area contributed by atoms with E-state index in [0.717, 1.165) is 42.9 Å². The number of benzene rings is 2. The first kappa shape index (κ1) is 22.2. The molecule has 32 heavy (non-hydrogen) atoms. The number of aromatic nitrogens is 2. The highest BCUT2D eigenvalue weighted by Crippen LogP contribution is 2.32. The number of carbonyl (C=O) groups is 1. The number of piperidine rings is 1. The Morgan fingerprint density at radius 3 is 2.44 bits per heavy atom. The summed E-state index contributed by atoms with van der Waals surface area (Å²) in [4.78, 5) is 13.4. The summed E-state index contributed by atoms with van der Waals surface area (Å²) in [5, 5.41) is 11.6. The van der Waals surface area contributed by atoms with Crippen molar-refractivity contribution in [1.29, 1.82) is 0 Å². The molecule has 1 aliphatic rings. The van der Waals surface area contributed by atoms with Gasteiger partial charge in [0.2, 0.25) is 0 Å². The maximum absolute atomic E-state index is 13.4. The molecule has 7 nitrogen and oxygen atoms in total. The minimum Gasteiger partial charge on any atom is -0.497 e. The molecule has 1 aliphatic heterocycles. The van der Waals surface area contributed by atoms with Crippen molar-refractivity contribution in [2.24, 2.45) is 0 Å². The van der Waals surface area contributed by atoms with E-state index in [9.17, 15) is 4.79 Å². The number of nitrogens with zero attached hydrogens (tertiary/aromatic N) is 2. The molecule has 168 valence electrons. The minimum absolute atomic E-state index is 0.208. The minimum atomic E-state index is -0.224. The Labute approximate surface area is 192 Å². The Kier molecular flexibility index (Phi) is 6.67. The van der Waals surface area contributed by atoms with Crippen molar-refractivity contribution in [2.75, 3.05) is 32.6 Å². The molecule has 0 unspecified atom stereocenters. The van der Waals surface area contributed by atoms with Crippen LogP contribution in [-0.2, 0) is 0 Å². The van der Waals surface area contributed by atoms with Gasteiger partial charge in [-0.1, -0.05) is 17.7 Å². The zero-order valence-electron chi connectivity index (χ0n) is 18.4. The Morgan fingerprint density at radius 1 is 1.12 bits per heavy atom. The molecule has 0 aliphatic carbocycles. The smallest absolute Gasteiger partial charge is 0.259 e. The van der Waals surface area contributed by atoms with Crippen molar-refractivity contribution in [3.05, 3.63) is 64.4 Å². The number of halogens is 1. The van der Waals surface area contributed by atoms with E-state index >= 15 is 0 Å². The number of ether oxygens (including phenoxy) is 2. The summed E-state index contributed by atoms with van der Waals surface area (Å²) in [5.74, 6) is 1.18. The van der Waals surface area contributed by atoms with E-state index in [4.69, 9.17) is 21.1 Å². The second-order valence-corrected chi connectivity index (χ2v) is 8.28. The number of aryl methyl sites for hydroxylation is 1. The van der Waals surface area contributed by atoms with Crippen molar-refractivity contribution in [1.82, 2.24) is 15.1 Å². The maximum atomic E-state index is 13.4. The summed E-state index contributed by atoms with van der Waals surface area (Å²) >= 11 is 6.38. The van der Waals surface area contributed by atoms with Crippen LogP contribution < -0.4 is 20.1 Å². The number of hydrogen-bond donors (Lipinski definition) is 2. The molecule has 8 heteroatoms. The molecule has 0 saturated carbocycles. The number of amides is 1. The van der Waals surface area contributed by atoms with Crippen molar-refractivity contribution in [3.8, 4) is 17.2 Å². The molecule has 2 N–H and O–H groups in total. The summed E-state index contributed by atoms with van der Waals surface area (Å²) in [7, 11) is 3.15. The fourth-order valence-corrected chi connectivity index (χ4v) is 4.19. The van der Waals surface area contributed by atoms with E-state index < -0.39 is 0 Å². The molecule has 0 atom stereocenters. The Morgan fingerprint density at radius 2 is 1.81 bits per heavy atom. The van der Waals surface area contributed by atoms with Gasteiger partial charge < -0.3 is 20.1 Å². The molecule has 2 aromatic carbocycles. The SMILES string of the molecule is COc1cc(NC(=O)c2cnn(-c3ccc(C)c(Cl)c3)c2C2CCNCC2)cc(OC)c1. The lowest BCUT2D eigenvalue weighted by molar-refractivity contribution is 0.102. The molecule has 3 aromatic rings. The number of rotatable bonds is 6. The first-order chi connectivity index (χ1) is 15.5. The predicted octanol–water partition coefficient (Wildman–Crippen LogP) is 4.57. The van der Waals surface area contributed by atoms with Crippen LogP contribution >= 0.6 is 11.6 Å². The molecule has 1 saturated heterocycles. The van der Waals surface area contributed by atoms with Gasteiger partial charge in [-0.25, -0.2) is 4.68 Å². The topological polar surface area (TPSA) is 77.4 Å². The molecule has 2 heterocycles. The average Bonchev–Trinajstić information content (AvgIpc) is 3.26. The fourth-order valence-electron chi connectivity index (χ4n) is 4.02. The van der Waals surface area contributed by atoms with Gasteiger partial charge in [0.25, 0.3) is 5.91 Å². The monoisotopic (exact) mass is 454 g/mol. The van der Waals surface area contributed by atoms with Gasteiger partial charge in [0.15, 0.2) is 0 Å². The number of anilines is 1. The first-order valence-electron chi connectivity index (χ1n) is 10.6. The van der Waals surface area contributed by atoms with Gasteiger partial charge in [-0.3, -0.25) is 4.79 Å². The van der Waals surface area contributed by atoms with Crippen LogP contribution in [0.2, 0.25) is 5.02 Å².